The molecule has 0 spiro atoms. The molecule has 0 saturated heterocycles. The molecule has 0 aliphatic carbocycles. The molecule has 2 amide bonds. The number of rotatable bonds is 7. The maximum atomic E-state index is 13.7. The number of nitrogens with one attached hydrogen (secondary N) is 2. The van der Waals surface area contributed by atoms with Crippen molar-refractivity contribution in [3.63, 3.8) is 0 Å². The third-order valence-electron chi connectivity index (χ3n) is 5.52. The average molecular weight is 546 g/mol. The lowest BCUT2D eigenvalue weighted by molar-refractivity contribution is 0.0962. The maximum Gasteiger partial charge on any atom is 0.407 e. The molecule has 0 fully saturated rings. The largest absolute Gasteiger partial charge is 0.489 e. The van der Waals surface area contributed by atoms with Gasteiger partial charge >= 0.3 is 6.09 Å². The van der Waals surface area contributed by atoms with E-state index in [1.54, 1.807) is 38.4 Å². The molecule has 0 aliphatic rings. The van der Waals surface area contributed by atoms with Gasteiger partial charge in [0.2, 0.25) is 0 Å². The van der Waals surface area contributed by atoms with Gasteiger partial charge in [0, 0.05) is 35.9 Å². The van der Waals surface area contributed by atoms with Crippen molar-refractivity contribution in [1.82, 2.24) is 15.2 Å². The number of carbonyl (C=O) groups is 2. The van der Waals surface area contributed by atoms with Crippen LogP contribution in [0.2, 0.25) is 0 Å². The molecule has 0 saturated carbocycles. The van der Waals surface area contributed by atoms with Crippen molar-refractivity contribution >= 4 is 27.9 Å². The smallest absolute Gasteiger partial charge is 0.407 e. The van der Waals surface area contributed by atoms with Crippen molar-refractivity contribution < 1.29 is 23.5 Å². The topological polar surface area (TPSA) is 98.7 Å². The zero-order valence-electron chi connectivity index (χ0n) is 19.7. The second-order valence-electron chi connectivity index (χ2n) is 7.70. The van der Waals surface area contributed by atoms with Crippen LogP contribution in [0.15, 0.2) is 51.9 Å². The van der Waals surface area contributed by atoms with Crippen molar-refractivity contribution in [3.8, 4) is 11.4 Å². The van der Waals surface area contributed by atoms with Gasteiger partial charge in [-0.3, -0.25) is 14.2 Å². The predicted molar refractivity (Wildman–Crippen MR) is 133 cm³/mol. The first-order valence-corrected chi connectivity index (χ1v) is 11.4. The molecule has 8 nitrogen and oxygen atoms in total. The van der Waals surface area contributed by atoms with Gasteiger partial charge in [-0.05, 0) is 60.4 Å². The highest BCUT2D eigenvalue weighted by molar-refractivity contribution is 9.10. The normalized spacial score (nSPS) is 10.6. The fourth-order valence-electron chi connectivity index (χ4n) is 3.63. The minimum atomic E-state index is -0.637. The minimum Gasteiger partial charge on any atom is -0.489 e. The first kappa shape index (κ1) is 26.0. The van der Waals surface area contributed by atoms with E-state index in [2.05, 4.69) is 31.3 Å². The van der Waals surface area contributed by atoms with Gasteiger partial charge < -0.3 is 20.1 Å². The van der Waals surface area contributed by atoms with Gasteiger partial charge in [0.1, 0.15) is 18.2 Å². The summed E-state index contributed by atoms with van der Waals surface area (Å²) in [6.45, 7) is 3.75. The van der Waals surface area contributed by atoms with E-state index in [0.29, 0.717) is 38.2 Å². The van der Waals surface area contributed by atoms with Crippen LogP contribution in [0.3, 0.4) is 0 Å². The van der Waals surface area contributed by atoms with E-state index >= 15 is 0 Å². The van der Waals surface area contributed by atoms with Crippen molar-refractivity contribution in [2.45, 2.75) is 27.0 Å². The number of nitrogens with zero attached hydrogens (tertiary/aromatic N) is 1. The maximum absolute atomic E-state index is 13.7. The van der Waals surface area contributed by atoms with E-state index < -0.39 is 11.9 Å². The van der Waals surface area contributed by atoms with Gasteiger partial charge in [-0.15, -0.1) is 0 Å². The number of aromatic nitrogens is 1. The number of pyridine rings is 1. The van der Waals surface area contributed by atoms with Gasteiger partial charge in [-0.2, -0.15) is 0 Å². The zero-order chi connectivity index (χ0) is 25.7. The van der Waals surface area contributed by atoms with Gasteiger partial charge in [-0.1, -0.05) is 22.0 Å². The van der Waals surface area contributed by atoms with Crippen LogP contribution in [0.1, 0.15) is 32.6 Å². The summed E-state index contributed by atoms with van der Waals surface area (Å²) in [7, 11) is 2.79. The van der Waals surface area contributed by atoms with Gasteiger partial charge in [0.15, 0.2) is 0 Å². The third kappa shape index (κ3) is 5.89. The quantitative estimate of drug-likeness (QED) is 0.464. The standard InChI is InChI=1S/C25H25BrFN3O5/c1-14-20(24(32)28-3)11-21(26)15(2)23(14)30-8-7-19(10-22(30)31)35-13-16-5-6-18(27)9-17(16)12-29-25(33)34-4/h5-11H,12-13H2,1-4H3,(H,28,32)(H,29,33). The van der Waals surface area contributed by atoms with Gasteiger partial charge in [0.05, 0.1) is 12.8 Å². The van der Waals surface area contributed by atoms with Gasteiger partial charge in [0.25, 0.3) is 11.5 Å². The average Bonchev–Trinajstić information content (AvgIpc) is 2.84. The Kier molecular flexibility index (Phi) is 8.29. The van der Waals surface area contributed by atoms with E-state index in [0.717, 1.165) is 5.56 Å². The molecule has 2 N–H and O–H groups in total. The number of methoxy groups -OCH3 is 1. The van der Waals surface area contributed by atoms with Crippen LogP contribution >= 0.6 is 15.9 Å². The number of alkyl carbamates (subject to hydrolysis) is 1. The molecule has 10 heteroatoms. The molecule has 35 heavy (non-hydrogen) atoms. The molecule has 3 rings (SSSR count). The molecular weight excluding hydrogens is 521 g/mol. The highest BCUT2D eigenvalue weighted by atomic mass is 79.9. The molecule has 3 aromatic rings. The van der Waals surface area contributed by atoms with Crippen molar-refractivity contribution in [2.24, 2.45) is 0 Å². The molecule has 1 heterocycles. The van der Waals surface area contributed by atoms with E-state index in [4.69, 9.17) is 4.74 Å². The summed E-state index contributed by atoms with van der Waals surface area (Å²) in [5.74, 6) is -0.387. The lowest BCUT2D eigenvalue weighted by atomic mass is 10.0. The molecular formula is C25H25BrFN3O5. The number of hydrogen-bond acceptors (Lipinski definition) is 5. The number of benzene rings is 2. The summed E-state index contributed by atoms with van der Waals surface area (Å²) in [6.07, 6.45) is 0.944. The predicted octanol–water partition coefficient (Wildman–Crippen LogP) is 4.15. The Labute approximate surface area is 210 Å². The van der Waals surface area contributed by atoms with Crippen LogP contribution in [-0.2, 0) is 17.9 Å². The second-order valence-corrected chi connectivity index (χ2v) is 8.56. The Bertz CT molecular complexity index is 1340. The monoisotopic (exact) mass is 545 g/mol. The molecule has 0 radical (unpaired) electrons. The second kappa shape index (κ2) is 11.2. The summed E-state index contributed by atoms with van der Waals surface area (Å²) in [4.78, 5) is 36.7. The fourth-order valence-corrected chi connectivity index (χ4v) is 4.05. The van der Waals surface area contributed by atoms with E-state index in [9.17, 15) is 18.8 Å². The van der Waals surface area contributed by atoms with Crippen molar-refractivity contribution in [3.05, 3.63) is 91.1 Å². The van der Waals surface area contributed by atoms with Crippen LogP contribution in [0.25, 0.3) is 5.69 Å². The van der Waals surface area contributed by atoms with Crippen LogP contribution in [0.4, 0.5) is 9.18 Å². The summed E-state index contributed by atoms with van der Waals surface area (Å²) < 4.78 is 26.2. The Morgan fingerprint density at radius 2 is 1.83 bits per heavy atom. The minimum absolute atomic E-state index is 0.0533. The van der Waals surface area contributed by atoms with Crippen LogP contribution < -0.4 is 20.9 Å². The van der Waals surface area contributed by atoms with E-state index in [1.165, 1.54) is 29.9 Å². The molecule has 0 bridgehead atoms. The highest BCUT2D eigenvalue weighted by Crippen LogP contribution is 2.29. The summed E-state index contributed by atoms with van der Waals surface area (Å²) in [5.41, 5.74) is 3.34. The van der Waals surface area contributed by atoms with Crippen LogP contribution in [0.5, 0.6) is 5.75 Å². The van der Waals surface area contributed by atoms with E-state index in [1.807, 2.05) is 6.92 Å². The Balaban J connectivity index is 1.87. The molecule has 2 aromatic carbocycles. The Hall–Kier alpha value is -3.66. The molecule has 1 aromatic heterocycles. The van der Waals surface area contributed by atoms with Crippen molar-refractivity contribution in [2.75, 3.05) is 14.2 Å². The van der Waals surface area contributed by atoms with Crippen LogP contribution in [0, 0.1) is 19.7 Å². The summed E-state index contributed by atoms with van der Waals surface area (Å²) in [6, 6.07) is 8.85. The van der Waals surface area contributed by atoms with Crippen molar-refractivity contribution in [1.29, 1.82) is 0 Å². The zero-order valence-corrected chi connectivity index (χ0v) is 21.3. The highest BCUT2D eigenvalue weighted by Gasteiger charge is 2.18. The number of ether oxygens (including phenoxy) is 2. The summed E-state index contributed by atoms with van der Waals surface area (Å²) in [5, 5.41) is 5.12. The molecule has 184 valence electrons. The van der Waals surface area contributed by atoms with Gasteiger partial charge in [-0.25, -0.2) is 9.18 Å². The fraction of sp³-hybridized carbons (Fsp3) is 0.240. The molecule has 0 atom stereocenters. The number of carbonyl (C=O) groups excluding carboxylic acids is 2. The number of hydrogen-bond donors (Lipinski definition) is 2. The SMILES string of the molecule is CNC(=O)c1cc(Br)c(C)c(-n2ccc(OCc3ccc(F)cc3CNC(=O)OC)cc2=O)c1C. The lowest BCUT2D eigenvalue weighted by Gasteiger charge is -2.18. The lowest BCUT2D eigenvalue weighted by Crippen LogP contribution is -2.23. The third-order valence-corrected chi connectivity index (χ3v) is 6.34. The molecule has 0 unspecified atom stereocenters. The molecule has 0 aliphatic heterocycles. The Morgan fingerprint density at radius 1 is 1.09 bits per heavy atom. The summed E-state index contributed by atoms with van der Waals surface area (Å²) >= 11 is 3.47. The Morgan fingerprint density at radius 3 is 2.49 bits per heavy atom. The van der Waals surface area contributed by atoms with E-state index in [-0.39, 0.29) is 24.6 Å². The van der Waals surface area contributed by atoms with Crippen LogP contribution in [-0.4, -0.2) is 30.7 Å². The first-order chi connectivity index (χ1) is 16.7. The number of amides is 2. The first-order valence-electron chi connectivity index (χ1n) is 10.6. The number of halogens is 2.